The van der Waals surface area contributed by atoms with Crippen LogP contribution in [0.15, 0.2) is 17.0 Å². The van der Waals surface area contributed by atoms with Gasteiger partial charge in [0.25, 0.3) is 15.9 Å². The largest absolute Gasteiger partial charge is 0.453 e. The zero-order chi connectivity index (χ0) is 19.4. The van der Waals surface area contributed by atoms with Gasteiger partial charge < -0.3 is 5.73 Å². The van der Waals surface area contributed by atoms with Crippen LogP contribution >= 0.6 is 0 Å². The summed E-state index contributed by atoms with van der Waals surface area (Å²) < 4.78 is 72.5. The molecular weight excluding hydrogens is 392 g/mol. The van der Waals surface area contributed by atoms with E-state index in [2.05, 4.69) is 10.1 Å². The van der Waals surface area contributed by atoms with Crippen LogP contribution in [0.25, 0.3) is 5.69 Å². The number of nitrogens with zero attached hydrogens (tertiary/aromatic N) is 3. The van der Waals surface area contributed by atoms with Gasteiger partial charge >= 0.3 is 6.18 Å². The summed E-state index contributed by atoms with van der Waals surface area (Å²) in [5.41, 5.74) is 6.68. The van der Waals surface area contributed by atoms with Crippen LogP contribution < -0.4 is 5.73 Å². The maximum atomic E-state index is 12.9. The zero-order valence-corrected chi connectivity index (χ0v) is 15.2. The van der Waals surface area contributed by atoms with Gasteiger partial charge in [-0.2, -0.15) is 31.3 Å². The number of hydrogen-bond donors (Lipinski definition) is 2. The molecule has 1 aromatic carbocycles. The van der Waals surface area contributed by atoms with Gasteiger partial charge in [0, 0.05) is 0 Å². The molecular formula is C15H18F4N4O3S. The Hall–Kier alpha value is -2.21. The van der Waals surface area contributed by atoms with Crippen LogP contribution in [0.2, 0.25) is 0 Å². The molecule has 3 rings (SSSR count). The molecule has 0 bridgehead atoms. The van der Waals surface area contributed by atoms with Gasteiger partial charge in [0.2, 0.25) is 5.95 Å². The quantitative estimate of drug-likeness (QED) is 0.591. The molecule has 2 aromatic rings. The molecule has 1 aliphatic carbocycles. The van der Waals surface area contributed by atoms with Crippen molar-refractivity contribution in [2.75, 3.05) is 5.73 Å². The number of hydrogen-bond acceptors (Lipinski definition) is 5. The van der Waals surface area contributed by atoms with Gasteiger partial charge in [0.15, 0.2) is 0 Å². The van der Waals surface area contributed by atoms with Crippen molar-refractivity contribution in [3.63, 3.8) is 0 Å². The van der Waals surface area contributed by atoms with Gasteiger partial charge in [0.1, 0.15) is 0 Å². The fraction of sp³-hybridized carbons (Fsp3) is 0.467. The second-order valence-electron chi connectivity index (χ2n) is 6.56. The monoisotopic (exact) mass is 410 g/mol. The van der Waals surface area contributed by atoms with Crippen molar-refractivity contribution in [2.45, 2.75) is 49.6 Å². The van der Waals surface area contributed by atoms with Crippen LogP contribution in [0.5, 0.6) is 0 Å². The minimum Gasteiger partial charge on any atom is -0.368 e. The SMILES string of the molecule is CC(C)c1cc(C2CC2)c(-n2nc(C(F)(F)F)nc2N)cc1S(=O)(=O)O.F. The summed E-state index contributed by atoms with van der Waals surface area (Å²) in [4.78, 5) is 2.84. The fourth-order valence-electron chi connectivity index (χ4n) is 2.80. The van der Waals surface area contributed by atoms with Gasteiger partial charge in [-0.25, -0.2) is 0 Å². The highest BCUT2D eigenvalue weighted by atomic mass is 32.2. The molecule has 12 heteroatoms. The van der Waals surface area contributed by atoms with E-state index in [-0.39, 0.29) is 27.1 Å². The summed E-state index contributed by atoms with van der Waals surface area (Å²) in [6, 6.07) is 2.71. The van der Waals surface area contributed by atoms with Crippen molar-refractivity contribution in [3.05, 3.63) is 29.1 Å². The van der Waals surface area contributed by atoms with Crippen molar-refractivity contribution in [2.24, 2.45) is 0 Å². The highest BCUT2D eigenvalue weighted by Crippen LogP contribution is 2.45. The molecule has 1 fully saturated rings. The molecule has 150 valence electrons. The summed E-state index contributed by atoms with van der Waals surface area (Å²) >= 11 is 0. The van der Waals surface area contributed by atoms with E-state index in [9.17, 15) is 26.1 Å². The van der Waals surface area contributed by atoms with E-state index in [4.69, 9.17) is 5.73 Å². The molecule has 0 spiro atoms. The number of halogens is 4. The fourth-order valence-corrected chi connectivity index (χ4v) is 3.66. The van der Waals surface area contributed by atoms with Gasteiger partial charge in [-0.05, 0) is 41.9 Å². The number of benzene rings is 1. The Morgan fingerprint density at radius 1 is 1.30 bits per heavy atom. The summed E-state index contributed by atoms with van der Waals surface area (Å²) in [7, 11) is -4.59. The van der Waals surface area contributed by atoms with E-state index in [1.807, 2.05) is 0 Å². The minimum atomic E-state index is -4.79. The van der Waals surface area contributed by atoms with E-state index >= 15 is 0 Å². The summed E-state index contributed by atoms with van der Waals surface area (Å²) in [6.45, 7) is 3.51. The normalized spacial score (nSPS) is 15.1. The van der Waals surface area contributed by atoms with Crippen molar-refractivity contribution in [1.82, 2.24) is 14.8 Å². The number of rotatable bonds is 4. The number of aromatic nitrogens is 3. The van der Waals surface area contributed by atoms with E-state index in [1.54, 1.807) is 19.9 Å². The standard InChI is InChI=1S/C15H17F3N4O3S.FH/c1-7(2)9-5-10(8-3-4-8)11(6-12(9)26(23,24)25)22-14(19)20-13(21-22)15(16,17)18;/h5-8H,3-4H2,1-2H3,(H2,19,20,21)(H,23,24,25);1H. The molecule has 0 saturated heterocycles. The molecule has 1 aromatic heterocycles. The summed E-state index contributed by atoms with van der Waals surface area (Å²) in [5, 5.41) is 3.40. The first-order chi connectivity index (χ1) is 11.9. The minimum absolute atomic E-state index is 0. The van der Waals surface area contributed by atoms with Crippen molar-refractivity contribution >= 4 is 16.1 Å². The first-order valence-corrected chi connectivity index (χ1v) is 9.29. The third-order valence-corrected chi connectivity index (χ3v) is 5.10. The van der Waals surface area contributed by atoms with Crippen LogP contribution in [0.1, 0.15) is 55.5 Å². The average Bonchev–Trinajstić information content (AvgIpc) is 3.26. The van der Waals surface area contributed by atoms with Crippen molar-refractivity contribution in [1.29, 1.82) is 0 Å². The number of nitrogens with two attached hydrogens (primary N) is 1. The maximum absolute atomic E-state index is 12.9. The van der Waals surface area contributed by atoms with Crippen molar-refractivity contribution < 1.29 is 30.8 Å². The van der Waals surface area contributed by atoms with E-state index in [0.29, 0.717) is 11.1 Å². The predicted molar refractivity (Wildman–Crippen MR) is 89.2 cm³/mol. The lowest BCUT2D eigenvalue weighted by atomic mass is 9.97. The molecule has 1 saturated carbocycles. The van der Waals surface area contributed by atoms with Crippen LogP contribution in [-0.2, 0) is 16.3 Å². The smallest absolute Gasteiger partial charge is 0.368 e. The Balaban J connectivity index is 0.00000261. The maximum Gasteiger partial charge on any atom is 0.453 e. The zero-order valence-electron chi connectivity index (χ0n) is 14.4. The summed E-state index contributed by atoms with van der Waals surface area (Å²) in [6.07, 6.45) is -3.16. The van der Waals surface area contributed by atoms with Crippen LogP contribution in [0, 0.1) is 0 Å². The lowest BCUT2D eigenvalue weighted by molar-refractivity contribution is -0.144. The Labute approximate surface area is 152 Å². The van der Waals surface area contributed by atoms with Gasteiger partial charge in [-0.3, -0.25) is 9.26 Å². The van der Waals surface area contributed by atoms with Gasteiger partial charge in [-0.1, -0.05) is 19.9 Å². The lowest BCUT2D eigenvalue weighted by Crippen LogP contribution is -2.12. The molecule has 3 N–H and O–H groups in total. The van der Waals surface area contributed by atoms with E-state index < -0.39 is 28.1 Å². The molecule has 0 amide bonds. The lowest BCUT2D eigenvalue weighted by Gasteiger charge is -2.17. The third-order valence-electron chi connectivity index (χ3n) is 4.19. The topological polar surface area (TPSA) is 111 Å². The highest BCUT2D eigenvalue weighted by Gasteiger charge is 2.38. The highest BCUT2D eigenvalue weighted by molar-refractivity contribution is 7.85. The summed E-state index contributed by atoms with van der Waals surface area (Å²) in [5.74, 6) is -2.09. The van der Waals surface area contributed by atoms with E-state index in [1.165, 1.54) is 0 Å². The Morgan fingerprint density at radius 2 is 1.89 bits per heavy atom. The number of nitrogen functional groups attached to an aromatic ring is 1. The van der Waals surface area contributed by atoms with Crippen LogP contribution in [-0.4, -0.2) is 27.7 Å². The number of anilines is 1. The van der Waals surface area contributed by atoms with Crippen molar-refractivity contribution in [3.8, 4) is 5.69 Å². The average molecular weight is 410 g/mol. The van der Waals surface area contributed by atoms with Crippen LogP contribution in [0.4, 0.5) is 23.8 Å². The predicted octanol–water partition coefficient (Wildman–Crippen LogP) is 3.27. The molecule has 0 atom stereocenters. The Morgan fingerprint density at radius 3 is 2.30 bits per heavy atom. The number of alkyl halides is 3. The van der Waals surface area contributed by atoms with Gasteiger partial charge in [-0.15, -0.1) is 5.10 Å². The second-order valence-corrected chi connectivity index (χ2v) is 7.95. The molecule has 1 heterocycles. The van der Waals surface area contributed by atoms with Crippen LogP contribution in [0.3, 0.4) is 0 Å². The van der Waals surface area contributed by atoms with Gasteiger partial charge in [0.05, 0.1) is 10.6 Å². The second kappa shape index (κ2) is 6.75. The molecule has 1 aliphatic rings. The first-order valence-electron chi connectivity index (χ1n) is 7.85. The molecule has 7 nitrogen and oxygen atoms in total. The molecule has 0 aliphatic heterocycles. The first kappa shape index (κ1) is 21.1. The Bertz CT molecular complexity index is 966. The molecule has 27 heavy (non-hydrogen) atoms. The van der Waals surface area contributed by atoms with E-state index in [0.717, 1.165) is 23.6 Å². The molecule has 0 radical (unpaired) electrons. The Kier molecular flexibility index (Phi) is 5.27. The third kappa shape index (κ3) is 4.05. The molecule has 0 unspecified atom stereocenters.